The summed E-state index contributed by atoms with van der Waals surface area (Å²) in [7, 11) is -3.47. The van der Waals surface area contributed by atoms with Crippen molar-refractivity contribution < 1.29 is 22.4 Å². The SMILES string of the molecule is Cc1ccc(OCC(=O)Nc2nnc(-c3ccccc3S(C)(=O)=O)o2)cc1. The van der Waals surface area contributed by atoms with Gasteiger partial charge in [-0.05, 0) is 31.2 Å². The van der Waals surface area contributed by atoms with Crippen LogP contribution in [0.5, 0.6) is 5.75 Å². The number of hydrogen-bond donors (Lipinski definition) is 1. The molecule has 0 aliphatic heterocycles. The van der Waals surface area contributed by atoms with Crippen molar-refractivity contribution >= 4 is 21.8 Å². The van der Waals surface area contributed by atoms with Crippen molar-refractivity contribution in [2.75, 3.05) is 18.2 Å². The van der Waals surface area contributed by atoms with Crippen molar-refractivity contribution in [1.82, 2.24) is 10.2 Å². The van der Waals surface area contributed by atoms with Crippen molar-refractivity contribution in [2.45, 2.75) is 11.8 Å². The lowest BCUT2D eigenvalue weighted by Gasteiger charge is -2.05. The minimum absolute atomic E-state index is 0.00854. The van der Waals surface area contributed by atoms with E-state index in [1.807, 2.05) is 19.1 Å². The predicted molar refractivity (Wildman–Crippen MR) is 98.1 cm³/mol. The fourth-order valence-corrected chi connectivity index (χ4v) is 3.17. The quantitative estimate of drug-likeness (QED) is 0.691. The van der Waals surface area contributed by atoms with E-state index in [1.54, 1.807) is 30.3 Å². The Morgan fingerprint density at radius 3 is 2.52 bits per heavy atom. The van der Waals surface area contributed by atoms with Crippen LogP contribution in [0.25, 0.3) is 11.5 Å². The molecule has 1 N–H and O–H groups in total. The Morgan fingerprint density at radius 2 is 1.81 bits per heavy atom. The molecule has 1 amide bonds. The Morgan fingerprint density at radius 1 is 1.11 bits per heavy atom. The summed E-state index contributed by atoms with van der Waals surface area (Å²) in [5.41, 5.74) is 1.35. The number of nitrogens with one attached hydrogen (secondary N) is 1. The molecule has 27 heavy (non-hydrogen) atoms. The van der Waals surface area contributed by atoms with Crippen LogP contribution in [-0.4, -0.2) is 37.4 Å². The Balaban J connectivity index is 1.68. The number of nitrogens with zero attached hydrogens (tertiary/aromatic N) is 2. The largest absolute Gasteiger partial charge is 0.484 e. The molecule has 0 aliphatic rings. The third-order valence-corrected chi connectivity index (χ3v) is 4.73. The number of rotatable bonds is 6. The van der Waals surface area contributed by atoms with Crippen LogP contribution in [0.15, 0.2) is 57.8 Å². The van der Waals surface area contributed by atoms with Gasteiger partial charge in [0.05, 0.1) is 10.5 Å². The second kappa shape index (κ2) is 7.58. The molecule has 0 aliphatic carbocycles. The van der Waals surface area contributed by atoms with Crippen molar-refractivity contribution in [1.29, 1.82) is 0 Å². The summed E-state index contributed by atoms with van der Waals surface area (Å²) >= 11 is 0. The summed E-state index contributed by atoms with van der Waals surface area (Å²) in [4.78, 5) is 12.0. The van der Waals surface area contributed by atoms with Crippen molar-refractivity contribution in [3.63, 3.8) is 0 Å². The van der Waals surface area contributed by atoms with Crippen LogP contribution in [0.1, 0.15) is 5.56 Å². The fourth-order valence-electron chi connectivity index (χ4n) is 2.29. The molecule has 0 saturated carbocycles. The maximum absolute atomic E-state index is 12.0. The minimum Gasteiger partial charge on any atom is -0.484 e. The average molecular weight is 387 g/mol. The van der Waals surface area contributed by atoms with Gasteiger partial charge in [0.25, 0.3) is 11.8 Å². The van der Waals surface area contributed by atoms with E-state index >= 15 is 0 Å². The Kier molecular flexibility index (Phi) is 5.22. The normalized spacial score (nSPS) is 11.2. The van der Waals surface area contributed by atoms with Crippen molar-refractivity contribution in [3.05, 3.63) is 54.1 Å². The number of carbonyl (C=O) groups is 1. The molecule has 0 saturated heterocycles. The molecule has 3 aromatic rings. The molecular formula is C18H17N3O5S. The molecule has 0 unspecified atom stereocenters. The maximum Gasteiger partial charge on any atom is 0.322 e. The zero-order valence-corrected chi connectivity index (χ0v) is 15.5. The number of amides is 1. The molecule has 3 rings (SSSR count). The van der Waals surface area contributed by atoms with E-state index in [-0.39, 0.29) is 29.0 Å². The zero-order chi connectivity index (χ0) is 19.4. The second-order valence-corrected chi connectivity index (χ2v) is 7.81. The lowest BCUT2D eigenvalue weighted by atomic mass is 10.2. The molecule has 9 heteroatoms. The van der Waals surface area contributed by atoms with E-state index in [0.717, 1.165) is 11.8 Å². The van der Waals surface area contributed by atoms with Gasteiger partial charge in [-0.25, -0.2) is 8.42 Å². The molecule has 140 valence electrons. The molecule has 0 atom stereocenters. The number of aromatic nitrogens is 2. The average Bonchev–Trinajstić information content (AvgIpc) is 3.09. The molecule has 2 aromatic carbocycles. The number of carbonyl (C=O) groups excluding carboxylic acids is 1. The lowest BCUT2D eigenvalue weighted by molar-refractivity contribution is -0.118. The molecule has 0 radical (unpaired) electrons. The summed E-state index contributed by atoms with van der Waals surface area (Å²) in [5.74, 6) is 0.0667. The van der Waals surface area contributed by atoms with Crippen LogP contribution in [0.4, 0.5) is 6.01 Å². The Hall–Kier alpha value is -3.20. The summed E-state index contributed by atoms with van der Waals surface area (Å²) in [5, 5.41) is 9.95. The number of benzene rings is 2. The lowest BCUT2D eigenvalue weighted by Crippen LogP contribution is -2.20. The number of ether oxygens (including phenoxy) is 1. The first-order valence-corrected chi connectivity index (χ1v) is 9.84. The number of sulfone groups is 1. The minimum atomic E-state index is -3.47. The summed E-state index contributed by atoms with van der Waals surface area (Å²) in [6.07, 6.45) is 1.09. The van der Waals surface area contributed by atoms with E-state index < -0.39 is 15.7 Å². The van der Waals surface area contributed by atoms with E-state index in [2.05, 4.69) is 15.5 Å². The first kappa shape index (κ1) is 18.6. The van der Waals surface area contributed by atoms with E-state index in [4.69, 9.17) is 9.15 Å². The number of anilines is 1. The first-order valence-electron chi connectivity index (χ1n) is 7.95. The molecule has 0 bridgehead atoms. The van der Waals surface area contributed by atoms with Gasteiger partial charge in [0.1, 0.15) is 5.75 Å². The highest BCUT2D eigenvalue weighted by Crippen LogP contribution is 2.27. The molecular weight excluding hydrogens is 370 g/mol. The topological polar surface area (TPSA) is 111 Å². The van der Waals surface area contributed by atoms with Crippen molar-refractivity contribution in [3.8, 4) is 17.2 Å². The van der Waals surface area contributed by atoms with Gasteiger partial charge in [-0.2, -0.15) is 0 Å². The Bertz CT molecular complexity index is 1060. The van der Waals surface area contributed by atoms with Gasteiger partial charge in [-0.3, -0.25) is 10.1 Å². The van der Waals surface area contributed by atoms with Crippen LogP contribution in [0.3, 0.4) is 0 Å². The van der Waals surface area contributed by atoms with Gasteiger partial charge in [0.15, 0.2) is 16.4 Å². The Labute approximate surface area is 156 Å². The van der Waals surface area contributed by atoms with Crippen LogP contribution in [0.2, 0.25) is 0 Å². The van der Waals surface area contributed by atoms with Gasteiger partial charge in [0, 0.05) is 6.26 Å². The predicted octanol–water partition coefficient (Wildman–Crippen LogP) is 2.47. The smallest absolute Gasteiger partial charge is 0.322 e. The van der Waals surface area contributed by atoms with E-state index in [0.29, 0.717) is 5.75 Å². The van der Waals surface area contributed by atoms with E-state index in [1.165, 1.54) is 6.07 Å². The van der Waals surface area contributed by atoms with Crippen LogP contribution in [0, 0.1) is 6.92 Å². The van der Waals surface area contributed by atoms with Gasteiger partial charge >= 0.3 is 6.01 Å². The fraction of sp³-hybridized carbons (Fsp3) is 0.167. The molecule has 0 spiro atoms. The van der Waals surface area contributed by atoms with Gasteiger partial charge < -0.3 is 9.15 Å². The monoisotopic (exact) mass is 387 g/mol. The van der Waals surface area contributed by atoms with Crippen LogP contribution in [-0.2, 0) is 14.6 Å². The number of aryl methyl sites for hydroxylation is 1. The van der Waals surface area contributed by atoms with Crippen LogP contribution < -0.4 is 10.1 Å². The maximum atomic E-state index is 12.0. The highest BCUT2D eigenvalue weighted by atomic mass is 32.2. The van der Waals surface area contributed by atoms with Gasteiger partial charge in [0.2, 0.25) is 0 Å². The highest BCUT2D eigenvalue weighted by Gasteiger charge is 2.19. The van der Waals surface area contributed by atoms with E-state index in [9.17, 15) is 13.2 Å². The molecule has 1 heterocycles. The third kappa shape index (κ3) is 4.70. The van der Waals surface area contributed by atoms with Crippen LogP contribution >= 0.6 is 0 Å². The molecule has 1 aromatic heterocycles. The second-order valence-electron chi connectivity index (χ2n) is 5.83. The summed E-state index contributed by atoms with van der Waals surface area (Å²) in [6, 6.07) is 13.4. The molecule has 8 nitrogen and oxygen atoms in total. The first-order chi connectivity index (χ1) is 12.8. The summed E-state index contributed by atoms with van der Waals surface area (Å²) in [6.45, 7) is 1.71. The number of hydrogen-bond acceptors (Lipinski definition) is 7. The third-order valence-electron chi connectivity index (χ3n) is 3.58. The zero-order valence-electron chi connectivity index (χ0n) is 14.7. The van der Waals surface area contributed by atoms with Gasteiger partial charge in [-0.15, -0.1) is 5.10 Å². The summed E-state index contributed by atoms with van der Waals surface area (Å²) < 4.78 is 34.5. The highest BCUT2D eigenvalue weighted by molar-refractivity contribution is 7.90. The molecule has 0 fully saturated rings. The van der Waals surface area contributed by atoms with Crippen molar-refractivity contribution in [2.24, 2.45) is 0 Å². The standard InChI is InChI=1S/C18H17N3O5S/c1-12-7-9-13(10-8-12)25-11-16(22)19-18-21-20-17(26-18)14-5-3-4-6-15(14)27(2,23)24/h3-10H,11H2,1-2H3,(H,19,21,22). The van der Waals surface area contributed by atoms with Gasteiger partial charge in [-0.1, -0.05) is 34.9 Å².